The molecule has 0 aromatic heterocycles. The Labute approximate surface area is 111 Å². The number of anilines is 1. The molecule has 0 saturated heterocycles. The third kappa shape index (κ3) is 3.41. The molecular weight excluding hydrogens is 250 g/mol. The Morgan fingerprint density at radius 1 is 1.53 bits per heavy atom. The monoisotopic (exact) mass is 267 g/mol. The molecule has 0 unspecified atom stereocenters. The van der Waals surface area contributed by atoms with E-state index >= 15 is 0 Å². The number of aliphatic hydroxyl groups excluding tert-OH is 1. The molecule has 1 aromatic carbocycles. The van der Waals surface area contributed by atoms with E-state index in [1.165, 1.54) is 25.2 Å². The maximum absolute atomic E-state index is 11.5. The van der Waals surface area contributed by atoms with Crippen LogP contribution in [0.1, 0.15) is 17.3 Å². The second kappa shape index (κ2) is 6.69. The second-order valence-corrected chi connectivity index (χ2v) is 3.84. The van der Waals surface area contributed by atoms with Gasteiger partial charge in [0.2, 0.25) is 0 Å². The predicted molar refractivity (Wildman–Crippen MR) is 71.5 cm³/mol. The Hall–Kier alpha value is -2.15. The van der Waals surface area contributed by atoms with Crippen LogP contribution in [0, 0.1) is 10.1 Å². The lowest BCUT2D eigenvalue weighted by molar-refractivity contribution is -0.384. The summed E-state index contributed by atoms with van der Waals surface area (Å²) >= 11 is 0. The van der Waals surface area contributed by atoms with Gasteiger partial charge in [0.15, 0.2) is 0 Å². The van der Waals surface area contributed by atoms with E-state index in [0.717, 1.165) is 0 Å². The van der Waals surface area contributed by atoms with Gasteiger partial charge in [-0.3, -0.25) is 14.9 Å². The molecule has 0 heterocycles. The minimum Gasteiger partial charge on any atom is -0.395 e. The van der Waals surface area contributed by atoms with Gasteiger partial charge in [-0.2, -0.15) is 0 Å². The number of nitrogens with zero attached hydrogens (tertiary/aromatic N) is 2. The third-order valence-electron chi connectivity index (χ3n) is 2.75. The van der Waals surface area contributed by atoms with Gasteiger partial charge < -0.3 is 15.3 Å². The molecule has 1 rings (SSSR count). The molecule has 7 nitrogen and oxygen atoms in total. The van der Waals surface area contributed by atoms with Gasteiger partial charge >= 0.3 is 0 Å². The van der Waals surface area contributed by atoms with Gasteiger partial charge in [0.05, 0.1) is 11.5 Å². The average Bonchev–Trinajstić information content (AvgIpc) is 2.43. The van der Waals surface area contributed by atoms with E-state index in [4.69, 9.17) is 5.11 Å². The van der Waals surface area contributed by atoms with Crippen molar-refractivity contribution in [3.8, 4) is 0 Å². The number of nitrogens with one attached hydrogen (secondary N) is 1. The average molecular weight is 267 g/mol. The zero-order valence-electron chi connectivity index (χ0n) is 10.9. The van der Waals surface area contributed by atoms with Crippen LogP contribution in [-0.2, 0) is 0 Å². The van der Waals surface area contributed by atoms with Crippen molar-refractivity contribution < 1.29 is 14.8 Å². The smallest absolute Gasteiger partial charge is 0.293 e. The first-order valence-electron chi connectivity index (χ1n) is 5.91. The van der Waals surface area contributed by atoms with E-state index in [1.54, 1.807) is 4.90 Å². The Balaban J connectivity index is 3.25. The molecule has 0 bridgehead atoms. The normalized spacial score (nSPS) is 10.1. The van der Waals surface area contributed by atoms with Gasteiger partial charge in [0.1, 0.15) is 5.69 Å². The van der Waals surface area contributed by atoms with Crippen molar-refractivity contribution >= 4 is 17.3 Å². The fraction of sp³-hybridized carbons (Fsp3) is 0.417. The number of amides is 1. The summed E-state index contributed by atoms with van der Waals surface area (Å²) in [5.41, 5.74) is 0.489. The van der Waals surface area contributed by atoms with Crippen LogP contribution < -0.4 is 10.2 Å². The predicted octanol–water partition coefficient (Wildman–Crippen LogP) is 0.773. The summed E-state index contributed by atoms with van der Waals surface area (Å²) < 4.78 is 0. The highest BCUT2D eigenvalue weighted by molar-refractivity contribution is 5.95. The number of nitro groups is 1. The van der Waals surface area contributed by atoms with Crippen LogP contribution in [-0.4, -0.2) is 42.7 Å². The number of rotatable bonds is 6. The molecule has 1 aromatic rings. The van der Waals surface area contributed by atoms with E-state index in [-0.39, 0.29) is 23.8 Å². The van der Waals surface area contributed by atoms with Crippen molar-refractivity contribution in [1.82, 2.24) is 5.32 Å². The maximum atomic E-state index is 11.5. The van der Waals surface area contributed by atoms with Crippen molar-refractivity contribution in [3.63, 3.8) is 0 Å². The number of aliphatic hydroxyl groups is 1. The molecule has 0 radical (unpaired) electrons. The molecule has 19 heavy (non-hydrogen) atoms. The van der Waals surface area contributed by atoms with Crippen molar-refractivity contribution in [2.45, 2.75) is 6.92 Å². The van der Waals surface area contributed by atoms with E-state index in [1.807, 2.05) is 6.92 Å². The molecule has 0 spiro atoms. The Kier molecular flexibility index (Phi) is 5.25. The largest absolute Gasteiger partial charge is 0.395 e. The Morgan fingerprint density at radius 2 is 2.21 bits per heavy atom. The van der Waals surface area contributed by atoms with Crippen LogP contribution in [0.25, 0.3) is 0 Å². The van der Waals surface area contributed by atoms with Crippen LogP contribution in [0.3, 0.4) is 0 Å². The SMILES string of the molecule is CCN(CCO)c1ccc(C(=O)NC)cc1[N+](=O)[O-]. The first-order chi connectivity index (χ1) is 9.04. The highest BCUT2D eigenvalue weighted by Gasteiger charge is 2.20. The number of likely N-dealkylation sites (N-methyl/N-ethyl adjacent to an activating group) is 1. The Bertz CT molecular complexity index is 476. The molecule has 0 saturated carbocycles. The van der Waals surface area contributed by atoms with E-state index < -0.39 is 4.92 Å². The van der Waals surface area contributed by atoms with Gasteiger partial charge in [-0.1, -0.05) is 0 Å². The van der Waals surface area contributed by atoms with Crippen LogP contribution in [0.5, 0.6) is 0 Å². The molecule has 1 amide bonds. The standard InChI is InChI=1S/C12H17N3O4/c1-3-14(6-7-16)10-5-4-9(12(17)13-2)8-11(10)15(18)19/h4-5,8,16H,3,6-7H2,1-2H3,(H,13,17). The number of carbonyl (C=O) groups is 1. The number of benzene rings is 1. The number of hydrogen-bond donors (Lipinski definition) is 2. The van der Waals surface area contributed by atoms with Crippen LogP contribution in [0.2, 0.25) is 0 Å². The zero-order chi connectivity index (χ0) is 14.4. The fourth-order valence-electron chi connectivity index (χ4n) is 1.79. The molecule has 0 aliphatic carbocycles. The van der Waals surface area contributed by atoms with Gasteiger partial charge in [-0.05, 0) is 19.1 Å². The Morgan fingerprint density at radius 3 is 2.68 bits per heavy atom. The topological polar surface area (TPSA) is 95.7 Å². The van der Waals surface area contributed by atoms with Crippen LogP contribution >= 0.6 is 0 Å². The van der Waals surface area contributed by atoms with Crippen molar-refractivity contribution in [2.24, 2.45) is 0 Å². The lowest BCUT2D eigenvalue weighted by Crippen LogP contribution is -2.27. The second-order valence-electron chi connectivity index (χ2n) is 3.84. The quantitative estimate of drug-likeness (QED) is 0.586. The molecule has 0 atom stereocenters. The minimum atomic E-state index is -0.526. The van der Waals surface area contributed by atoms with E-state index in [9.17, 15) is 14.9 Å². The van der Waals surface area contributed by atoms with Gasteiger partial charge in [-0.25, -0.2) is 0 Å². The minimum absolute atomic E-state index is 0.0950. The molecular formula is C12H17N3O4. The highest BCUT2D eigenvalue weighted by atomic mass is 16.6. The molecule has 104 valence electrons. The molecule has 0 aliphatic rings. The first kappa shape index (κ1) is 14.9. The molecule has 0 fully saturated rings. The summed E-state index contributed by atoms with van der Waals surface area (Å²) in [6.45, 7) is 2.58. The van der Waals surface area contributed by atoms with Crippen molar-refractivity contribution in [3.05, 3.63) is 33.9 Å². The maximum Gasteiger partial charge on any atom is 0.293 e. The lowest BCUT2D eigenvalue weighted by Gasteiger charge is -2.21. The van der Waals surface area contributed by atoms with Crippen molar-refractivity contribution in [1.29, 1.82) is 0 Å². The summed E-state index contributed by atoms with van der Waals surface area (Å²) in [5, 5.41) is 22.5. The third-order valence-corrected chi connectivity index (χ3v) is 2.75. The van der Waals surface area contributed by atoms with Gasteiger partial charge in [0.25, 0.3) is 11.6 Å². The fourth-order valence-corrected chi connectivity index (χ4v) is 1.79. The first-order valence-corrected chi connectivity index (χ1v) is 5.91. The highest BCUT2D eigenvalue weighted by Crippen LogP contribution is 2.29. The van der Waals surface area contributed by atoms with Gasteiger partial charge in [0, 0.05) is 31.8 Å². The summed E-state index contributed by atoms with van der Waals surface area (Å²) in [6.07, 6.45) is 0. The summed E-state index contributed by atoms with van der Waals surface area (Å²) in [4.78, 5) is 23.7. The number of nitro benzene ring substituents is 1. The number of hydrogen-bond acceptors (Lipinski definition) is 5. The summed E-state index contributed by atoms with van der Waals surface area (Å²) in [6, 6.07) is 4.30. The van der Waals surface area contributed by atoms with Crippen molar-refractivity contribution in [2.75, 3.05) is 31.6 Å². The molecule has 0 aliphatic heterocycles. The van der Waals surface area contributed by atoms with Gasteiger partial charge in [-0.15, -0.1) is 0 Å². The lowest BCUT2D eigenvalue weighted by atomic mass is 10.1. The zero-order valence-corrected chi connectivity index (χ0v) is 10.9. The summed E-state index contributed by atoms with van der Waals surface area (Å²) in [5.74, 6) is -0.375. The number of carbonyl (C=O) groups excluding carboxylic acids is 1. The van der Waals surface area contributed by atoms with E-state index in [0.29, 0.717) is 18.8 Å². The summed E-state index contributed by atoms with van der Waals surface area (Å²) in [7, 11) is 1.46. The van der Waals surface area contributed by atoms with Crippen LogP contribution in [0.15, 0.2) is 18.2 Å². The molecule has 2 N–H and O–H groups in total. The van der Waals surface area contributed by atoms with E-state index in [2.05, 4.69) is 5.32 Å². The van der Waals surface area contributed by atoms with Crippen LogP contribution in [0.4, 0.5) is 11.4 Å². The molecule has 7 heteroatoms.